The molecule has 1 heterocycles. The van der Waals surface area contributed by atoms with Gasteiger partial charge in [0.2, 0.25) is 0 Å². The summed E-state index contributed by atoms with van der Waals surface area (Å²) in [5.74, 6) is 0.0550. The Morgan fingerprint density at radius 2 is 1.83 bits per heavy atom. The number of amides is 1. The zero-order valence-electron chi connectivity index (χ0n) is 12.9. The van der Waals surface area contributed by atoms with Gasteiger partial charge in [0.05, 0.1) is 0 Å². The van der Waals surface area contributed by atoms with Crippen LogP contribution in [-0.2, 0) is 5.41 Å². The number of benzene rings is 2. The first-order valence-corrected chi connectivity index (χ1v) is 8.24. The van der Waals surface area contributed by atoms with Crippen LogP contribution < -0.4 is 0 Å². The van der Waals surface area contributed by atoms with Crippen molar-refractivity contribution < 1.29 is 9.90 Å². The summed E-state index contributed by atoms with van der Waals surface area (Å²) < 4.78 is 0. The lowest BCUT2D eigenvalue weighted by Gasteiger charge is -2.29. The van der Waals surface area contributed by atoms with Crippen molar-refractivity contribution in [3.8, 4) is 0 Å². The van der Waals surface area contributed by atoms with Crippen LogP contribution in [0.3, 0.4) is 0 Å². The SMILES string of the molecule is O=C(c1ccccc1)N1CCC(CCO)(c2ccc(Cl)cc2)C1. The van der Waals surface area contributed by atoms with Gasteiger partial charge in [-0.3, -0.25) is 4.79 Å². The molecule has 0 spiro atoms. The van der Waals surface area contributed by atoms with E-state index in [0.717, 1.165) is 12.0 Å². The zero-order chi connectivity index (χ0) is 16.3. The van der Waals surface area contributed by atoms with E-state index in [-0.39, 0.29) is 17.9 Å². The lowest BCUT2D eigenvalue weighted by atomic mass is 9.77. The van der Waals surface area contributed by atoms with Gasteiger partial charge in [0.25, 0.3) is 5.91 Å². The van der Waals surface area contributed by atoms with Gasteiger partial charge in [-0.2, -0.15) is 0 Å². The first-order valence-electron chi connectivity index (χ1n) is 7.86. The molecule has 0 aliphatic carbocycles. The van der Waals surface area contributed by atoms with E-state index in [1.807, 2.05) is 59.5 Å². The number of aliphatic hydroxyl groups excluding tert-OH is 1. The standard InChI is InChI=1S/C19H20ClNO2/c20-17-8-6-16(7-9-17)19(11-13-22)10-12-21(14-19)18(23)15-4-2-1-3-5-15/h1-9,22H,10-14H2. The van der Waals surface area contributed by atoms with Gasteiger partial charge in [0.15, 0.2) is 0 Å². The van der Waals surface area contributed by atoms with Gasteiger partial charge in [-0.05, 0) is 42.7 Å². The van der Waals surface area contributed by atoms with Crippen molar-refractivity contribution in [2.24, 2.45) is 0 Å². The average molecular weight is 330 g/mol. The second-order valence-corrected chi connectivity index (χ2v) is 6.54. The third-order valence-corrected chi connectivity index (χ3v) is 4.96. The summed E-state index contributed by atoms with van der Waals surface area (Å²) >= 11 is 5.99. The fraction of sp³-hybridized carbons (Fsp3) is 0.316. The summed E-state index contributed by atoms with van der Waals surface area (Å²) in [7, 11) is 0. The normalized spacial score (nSPS) is 20.7. The first-order chi connectivity index (χ1) is 11.1. The smallest absolute Gasteiger partial charge is 0.253 e. The molecule has 1 atom stereocenters. The molecule has 1 unspecified atom stereocenters. The van der Waals surface area contributed by atoms with Crippen molar-refractivity contribution in [1.82, 2.24) is 4.90 Å². The number of carbonyl (C=O) groups is 1. The van der Waals surface area contributed by atoms with E-state index in [0.29, 0.717) is 30.1 Å². The molecule has 1 saturated heterocycles. The molecule has 2 aromatic carbocycles. The fourth-order valence-corrected chi connectivity index (χ4v) is 3.54. The number of carbonyl (C=O) groups excluding carboxylic acids is 1. The van der Waals surface area contributed by atoms with Crippen LogP contribution in [0.1, 0.15) is 28.8 Å². The molecule has 1 N–H and O–H groups in total. The second-order valence-electron chi connectivity index (χ2n) is 6.10. The van der Waals surface area contributed by atoms with Crippen molar-refractivity contribution in [1.29, 1.82) is 0 Å². The summed E-state index contributed by atoms with van der Waals surface area (Å²) in [6.07, 6.45) is 1.50. The zero-order valence-corrected chi connectivity index (χ0v) is 13.7. The van der Waals surface area contributed by atoms with Crippen LogP contribution in [0.15, 0.2) is 54.6 Å². The molecule has 120 valence electrons. The third-order valence-electron chi connectivity index (χ3n) is 4.71. The van der Waals surface area contributed by atoms with E-state index in [1.54, 1.807) is 0 Å². The van der Waals surface area contributed by atoms with E-state index in [9.17, 15) is 9.90 Å². The van der Waals surface area contributed by atoms with Gasteiger partial charge in [0, 0.05) is 35.7 Å². The van der Waals surface area contributed by atoms with Crippen molar-refractivity contribution in [2.75, 3.05) is 19.7 Å². The summed E-state index contributed by atoms with van der Waals surface area (Å²) in [4.78, 5) is 14.6. The highest BCUT2D eigenvalue weighted by Gasteiger charge is 2.41. The minimum atomic E-state index is -0.191. The van der Waals surface area contributed by atoms with Gasteiger partial charge >= 0.3 is 0 Å². The molecule has 23 heavy (non-hydrogen) atoms. The predicted octanol–water partition coefficient (Wildman–Crippen LogP) is 3.51. The molecule has 1 aliphatic rings. The van der Waals surface area contributed by atoms with Crippen molar-refractivity contribution >= 4 is 17.5 Å². The topological polar surface area (TPSA) is 40.5 Å². The Hall–Kier alpha value is -1.84. The lowest BCUT2D eigenvalue weighted by Crippen LogP contribution is -2.35. The van der Waals surface area contributed by atoms with Crippen LogP contribution in [0.25, 0.3) is 0 Å². The number of likely N-dealkylation sites (tertiary alicyclic amines) is 1. The predicted molar refractivity (Wildman–Crippen MR) is 91.8 cm³/mol. The van der Waals surface area contributed by atoms with Crippen LogP contribution in [0.5, 0.6) is 0 Å². The van der Waals surface area contributed by atoms with Gasteiger partial charge in [-0.15, -0.1) is 0 Å². The maximum absolute atomic E-state index is 12.7. The number of hydrogen-bond donors (Lipinski definition) is 1. The van der Waals surface area contributed by atoms with Crippen molar-refractivity contribution in [3.63, 3.8) is 0 Å². The van der Waals surface area contributed by atoms with Gasteiger partial charge in [0.1, 0.15) is 0 Å². The van der Waals surface area contributed by atoms with Crippen LogP contribution in [0.4, 0.5) is 0 Å². The number of rotatable bonds is 4. The Balaban J connectivity index is 1.84. The molecule has 3 rings (SSSR count). The Morgan fingerprint density at radius 1 is 1.13 bits per heavy atom. The minimum absolute atomic E-state index is 0.0550. The van der Waals surface area contributed by atoms with Crippen LogP contribution >= 0.6 is 11.6 Å². The van der Waals surface area contributed by atoms with Crippen LogP contribution in [0, 0.1) is 0 Å². The van der Waals surface area contributed by atoms with E-state index in [1.165, 1.54) is 0 Å². The minimum Gasteiger partial charge on any atom is -0.396 e. The van der Waals surface area contributed by atoms with Crippen LogP contribution in [-0.4, -0.2) is 35.6 Å². The molecule has 0 aromatic heterocycles. The number of hydrogen-bond acceptors (Lipinski definition) is 2. The average Bonchev–Trinajstić information content (AvgIpc) is 3.01. The van der Waals surface area contributed by atoms with Gasteiger partial charge in [-0.1, -0.05) is 41.9 Å². The Kier molecular flexibility index (Phi) is 4.69. The maximum Gasteiger partial charge on any atom is 0.253 e. The van der Waals surface area contributed by atoms with Crippen molar-refractivity contribution in [3.05, 3.63) is 70.7 Å². The van der Waals surface area contributed by atoms with Gasteiger partial charge in [-0.25, -0.2) is 0 Å². The fourth-order valence-electron chi connectivity index (χ4n) is 3.41. The molecule has 1 amide bonds. The quantitative estimate of drug-likeness (QED) is 0.932. The Bertz CT molecular complexity index is 672. The second kappa shape index (κ2) is 6.73. The van der Waals surface area contributed by atoms with Crippen LogP contribution in [0.2, 0.25) is 5.02 Å². The summed E-state index contributed by atoms with van der Waals surface area (Å²) in [5.41, 5.74) is 1.66. The molecule has 0 radical (unpaired) electrons. The monoisotopic (exact) mass is 329 g/mol. The summed E-state index contributed by atoms with van der Waals surface area (Å²) in [6, 6.07) is 17.1. The van der Waals surface area contributed by atoms with Crippen molar-refractivity contribution in [2.45, 2.75) is 18.3 Å². The largest absolute Gasteiger partial charge is 0.396 e. The number of halogens is 1. The van der Waals surface area contributed by atoms with E-state index in [4.69, 9.17) is 11.6 Å². The lowest BCUT2D eigenvalue weighted by molar-refractivity contribution is 0.0779. The molecule has 4 heteroatoms. The van der Waals surface area contributed by atoms with E-state index >= 15 is 0 Å². The molecule has 0 saturated carbocycles. The highest BCUT2D eigenvalue weighted by Crippen LogP contribution is 2.38. The molecular formula is C19H20ClNO2. The first kappa shape index (κ1) is 16.0. The Morgan fingerprint density at radius 3 is 2.48 bits per heavy atom. The molecule has 3 nitrogen and oxygen atoms in total. The maximum atomic E-state index is 12.7. The van der Waals surface area contributed by atoms with E-state index in [2.05, 4.69) is 0 Å². The van der Waals surface area contributed by atoms with E-state index < -0.39 is 0 Å². The van der Waals surface area contributed by atoms with Gasteiger partial charge < -0.3 is 10.0 Å². The molecule has 1 fully saturated rings. The number of nitrogens with zero attached hydrogens (tertiary/aromatic N) is 1. The molecule has 1 aliphatic heterocycles. The summed E-state index contributed by atoms with van der Waals surface area (Å²) in [6.45, 7) is 1.44. The number of aliphatic hydroxyl groups is 1. The third kappa shape index (κ3) is 3.26. The highest BCUT2D eigenvalue weighted by molar-refractivity contribution is 6.30. The highest BCUT2D eigenvalue weighted by atomic mass is 35.5. The molecular weight excluding hydrogens is 310 g/mol. The molecule has 2 aromatic rings. The summed E-state index contributed by atoms with van der Waals surface area (Å²) in [5, 5.41) is 10.2. The molecule has 0 bridgehead atoms. The Labute approximate surface area is 141 Å².